The van der Waals surface area contributed by atoms with E-state index in [9.17, 15) is 4.39 Å². The lowest BCUT2D eigenvalue weighted by Crippen LogP contribution is -2.42. The second kappa shape index (κ2) is 6.88. The molecule has 1 aliphatic rings. The van der Waals surface area contributed by atoms with Gasteiger partial charge in [-0.1, -0.05) is 24.3 Å². The number of nitrogens with two attached hydrogens (primary N) is 1. The molecular weight excluding hydrogens is 251 g/mol. The molecule has 2 rings (SSSR count). The van der Waals surface area contributed by atoms with Crippen LogP contribution >= 0.6 is 0 Å². The lowest BCUT2D eigenvalue weighted by Gasteiger charge is -2.39. The van der Waals surface area contributed by atoms with Crippen molar-refractivity contribution < 1.29 is 4.39 Å². The number of nitrogens with zero attached hydrogens (tertiary/aromatic N) is 1. The average Bonchev–Trinajstić information content (AvgIpc) is 2.43. The molecule has 0 unspecified atom stereocenters. The molecule has 0 amide bonds. The van der Waals surface area contributed by atoms with Crippen LogP contribution in [0.1, 0.15) is 44.2 Å². The molecule has 20 heavy (non-hydrogen) atoms. The Morgan fingerprint density at radius 2 is 2.00 bits per heavy atom. The van der Waals surface area contributed by atoms with Crippen LogP contribution in [0.2, 0.25) is 0 Å². The van der Waals surface area contributed by atoms with Crippen LogP contribution in [0, 0.1) is 17.7 Å². The highest BCUT2D eigenvalue weighted by Crippen LogP contribution is 2.25. The van der Waals surface area contributed by atoms with E-state index in [1.54, 1.807) is 0 Å². The van der Waals surface area contributed by atoms with Crippen molar-refractivity contribution in [1.29, 1.82) is 0 Å². The standard InChI is InChI=1S/C17H23FN2/c1-13-5-3-6-14(2)20(13)12-15-8-9-17(18)16(11-15)7-4-10-19/h8-9,11,13-14H,3,5-6,10,12,19H2,1-2H3/t13-,14+. The number of rotatable bonds is 2. The van der Waals surface area contributed by atoms with Gasteiger partial charge in [0.2, 0.25) is 0 Å². The summed E-state index contributed by atoms with van der Waals surface area (Å²) in [7, 11) is 0. The first-order valence-electron chi connectivity index (χ1n) is 7.35. The number of benzene rings is 1. The van der Waals surface area contributed by atoms with Crippen molar-refractivity contribution in [3.8, 4) is 11.8 Å². The van der Waals surface area contributed by atoms with Crippen LogP contribution in [0.5, 0.6) is 0 Å². The average molecular weight is 274 g/mol. The summed E-state index contributed by atoms with van der Waals surface area (Å²) in [5, 5.41) is 0. The third-order valence-corrected chi connectivity index (χ3v) is 4.10. The third kappa shape index (κ3) is 3.59. The van der Waals surface area contributed by atoms with Crippen LogP contribution in [0.25, 0.3) is 0 Å². The van der Waals surface area contributed by atoms with E-state index in [1.807, 2.05) is 12.1 Å². The van der Waals surface area contributed by atoms with Crippen LogP contribution in [-0.2, 0) is 6.54 Å². The van der Waals surface area contributed by atoms with Crippen LogP contribution in [0.3, 0.4) is 0 Å². The molecule has 1 aliphatic heterocycles. The Morgan fingerprint density at radius 3 is 2.65 bits per heavy atom. The second-order valence-corrected chi connectivity index (χ2v) is 5.62. The molecule has 108 valence electrons. The summed E-state index contributed by atoms with van der Waals surface area (Å²) in [5.41, 5.74) is 6.91. The molecule has 0 aliphatic carbocycles. The fourth-order valence-electron chi connectivity index (χ4n) is 2.91. The van der Waals surface area contributed by atoms with Crippen LogP contribution in [-0.4, -0.2) is 23.5 Å². The summed E-state index contributed by atoms with van der Waals surface area (Å²) in [6.07, 6.45) is 3.78. The summed E-state index contributed by atoms with van der Waals surface area (Å²) in [6, 6.07) is 6.39. The lowest BCUT2D eigenvalue weighted by atomic mass is 9.96. The summed E-state index contributed by atoms with van der Waals surface area (Å²) < 4.78 is 13.7. The summed E-state index contributed by atoms with van der Waals surface area (Å²) in [4.78, 5) is 2.50. The van der Waals surface area contributed by atoms with Gasteiger partial charge in [0.1, 0.15) is 5.82 Å². The maximum Gasteiger partial charge on any atom is 0.138 e. The monoisotopic (exact) mass is 274 g/mol. The largest absolute Gasteiger partial charge is 0.320 e. The molecule has 0 bridgehead atoms. The van der Waals surface area contributed by atoms with E-state index in [4.69, 9.17) is 5.73 Å². The molecule has 2 atom stereocenters. The SMILES string of the molecule is C[C@@H]1CCC[C@H](C)N1Cc1ccc(F)c(C#CCN)c1. The van der Waals surface area contributed by atoms with Gasteiger partial charge in [0.05, 0.1) is 12.1 Å². The first-order valence-corrected chi connectivity index (χ1v) is 7.35. The topological polar surface area (TPSA) is 29.3 Å². The van der Waals surface area contributed by atoms with Crippen LogP contribution < -0.4 is 5.73 Å². The fraction of sp³-hybridized carbons (Fsp3) is 0.529. The molecule has 0 spiro atoms. The Labute approximate surface area is 121 Å². The van der Waals surface area contributed by atoms with Gasteiger partial charge in [-0.15, -0.1) is 0 Å². The van der Waals surface area contributed by atoms with Crippen molar-refractivity contribution in [2.75, 3.05) is 6.54 Å². The fourth-order valence-corrected chi connectivity index (χ4v) is 2.91. The molecule has 1 heterocycles. The molecule has 1 aromatic carbocycles. The third-order valence-electron chi connectivity index (χ3n) is 4.10. The minimum absolute atomic E-state index is 0.254. The number of halogens is 1. The number of hydrogen-bond donors (Lipinski definition) is 1. The highest BCUT2D eigenvalue weighted by atomic mass is 19.1. The quantitative estimate of drug-likeness (QED) is 0.840. The van der Waals surface area contributed by atoms with Crippen molar-refractivity contribution in [3.63, 3.8) is 0 Å². The molecular formula is C17H23FN2. The smallest absolute Gasteiger partial charge is 0.138 e. The molecule has 2 N–H and O–H groups in total. The molecule has 0 saturated carbocycles. The highest BCUT2D eigenvalue weighted by molar-refractivity contribution is 5.38. The number of piperidine rings is 1. The van der Waals surface area contributed by atoms with Gasteiger partial charge in [-0.2, -0.15) is 0 Å². The zero-order chi connectivity index (χ0) is 14.5. The van der Waals surface area contributed by atoms with E-state index in [0.29, 0.717) is 17.6 Å². The second-order valence-electron chi connectivity index (χ2n) is 5.62. The minimum Gasteiger partial charge on any atom is -0.320 e. The van der Waals surface area contributed by atoms with Crippen molar-refractivity contribution in [1.82, 2.24) is 4.90 Å². The van der Waals surface area contributed by atoms with Gasteiger partial charge in [-0.3, -0.25) is 4.90 Å². The Balaban J connectivity index is 2.16. The van der Waals surface area contributed by atoms with E-state index in [2.05, 4.69) is 30.6 Å². The zero-order valence-electron chi connectivity index (χ0n) is 12.3. The molecule has 3 heteroatoms. The van der Waals surface area contributed by atoms with E-state index in [-0.39, 0.29) is 12.4 Å². The van der Waals surface area contributed by atoms with Crippen LogP contribution in [0.15, 0.2) is 18.2 Å². The Bertz CT molecular complexity index is 505. The number of likely N-dealkylation sites (tertiary alicyclic amines) is 1. The first-order chi connectivity index (χ1) is 9.61. The number of hydrogen-bond acceptors (Lipinski definition) is 2. The van der Waals surface area contributed by atoms with Gasteiger partial charge in [0.25, 0.3) is 0 Å². The Hall–Kier alpha value is -1.37. The highest BCUT2D eigenvalue weighted by Gasteiger charge is 2.24. The van der Waals surface area contributed by atoms with E-state index in [0.717, 1.165) is 12.1 Å². The first kappa shape index (κ1) is 15.0. The minimum atomic E-state index is -0.269. The zero-order valence-corrected chi connectivity index (χ0v) is 12.3. The maximum absolute atomic E-state index is 13.7. The normalized spacial score (nSPS) is 23.2. The molecule has 2 nitrogen and oxygen atoms in total. The van der Waals surface area contributed by atoms with Gasteiger partial charge in [-0.05, 0) is 44.4 Å². The van der Waals surface area contributed by atoms with Crippen molar-refractivity contribution in [2.45, 2.75) is 51.7 Å². The maximum atomic E-state index is 13.7. The van der Waals surface area contributed by atoms with Crippen molar-refractivity contribution in [2.24, 2.45) is 5.73 Å². The van der Waals surface area contributed by atoms with Gasteiger partial charge in [0, 0.05) is 18.6 Å². The molecule has 0 aromatic heterocycles. The van der Waals surface area contributed by atoms with Gasteiger partial charge < -0.3 is 5.73 Å². The Morgan fingerprint density at radius 1 is 1.30 bits per heavy atom. The van der Waals surface area contributed by atoms with Crippen molar-refractivity contribution in [3.05, 3.63) is 35.1 Å². The predicted molar refractivity (Wildman–Crippen MR) is 80.7 cm³/mol. The van der Waals surface area contributed by atoms with Crippen molar-refractivity contribution >= 4 is 0 Å². The van der Waals surface area contributed by atoms with E-state index in [1.165, 1.54) is 25.3 Å². The lowest BCUT2D eigenvalue weighted by molar-refractivity contribution is 0.0952. The summed E-state index contributed by atoms with van der Waals surface area (Å²) >= 11 is 0. The van der Waals surface area contributed by atoms with E-state index >= 15 is 0 Å². The molecule has 1 saturated heterocycles. The van der Waals surface area contributed by atoms with E-state index < -0.39 is 0 Å². The van der Waals surface area contributed by atoms with Gasteiger partial charge in [-0.25, -0.2) is 4.39 Å². The van der Waals surface area contributed by atoms with Gasteiger partial charge in [0.15, 0.2) is 0 Å². The Kier molecular flexibility index (Phi) is 5.17. The molecule has 0 radical (unpaired) electrons. The molecule has 1 fully saturated rings. The predicted octanol–water partition coefficient (Wildman–Crippen LogP) is 2.90. The molecule has 1 aromatic rings. The summed E-state index contributed by atoms with van der Waals surface area (Å²) in [6.45, 7) is 5.66. The van der Waals surface area contributed by atoms with Gasteiger partial charge >= 0.3 is 0 Å². The van der Waals surface area contributed by atoms with Crippen LogP contribution in [0.4, 0.5) is 4.39 Å². The summed E-state index contributed by atoms with van der Waals surface area (Å²) in [5.74, 6) is 5.25.